The third kappa shape index (κ3) is 3.88. The molecule has 0 saturated heterocycles. The van der Waals surface area contributed by atoms with Gasteiger partial charge < -0.3 is 14.8 Å². The maximum atomic E-state index is 13.0. The molecule has 0 unspecified atom stereocenters. The molecule has 0 amide bonds. The van der Waals surface area contributed by atoms with E-state index in [4.69, 9.17) is 9.47 Å². The summed E-state index contributed by atoms with van der Waals surface area (Å²) in [5, 5.41) is 3.22. The molecule has 0 radical (unpaired) electrons. The van der Waals surface area contributed by atoms with Crippen LogP contribution in [0.1, 0.15) is 5.56 Å². The van der Waals surface area contributed by atoms with Gasteiger partial charge in [-0.3, -0.25) is 0 Å². The van der Waals surface area contributed by atoms with E-state index in [0.717, 1.165) is 22.7 Å². The Hall–Kier alpha value is -2.23. The quantitative estimate of drug-likeness (QED) is 0.817. The molecule has 0 aliphatic heterocycles. The van der Waals surface area contributed by atoms with Crippen molar-refractivity contribution < 1.29 is 13.9 Å². The third-order valence-electron chi connectivity index (χ3n) is 2.93. The Morgan fingerprint density at radius 1 is 1.05 bits per heavy atom. The van der Waals surface area contributed by atoms with Crippen molar-refractivity contribution in [1.29, 1.82) is 0 Å². The highest BCUT2D eigenvalue weighted by Crippen LogP contribution is 2.17. The van der Waals surface area contributed by atoms with Gasteiger partial charge in [0.1, 0.15) is 23.9 Å². The summed E-state index contributed by atoms with van der Waals surface area (Å²) < 4.78 is 23.6. The van der Waals surface area contributed by atoms with Gasteiger partial charge >= 0.3 is 0 Å². The molecule has 1 N–H and O–H groups in total. The molecule has 4 heteroatoms. The van der Waals surface area contributed by atoms with E-state index in [1.54, 1.807) is 13.2 Å². The summed E-state index contributed by atoms with van der Waals surface area (Å²) in [6, 6.07) is 12.1. The lowest BCUT2D eigenvalue weighted by Crippen LogP contribution is -2.12. The van der Waals surface area contributed by atoms with Gasteiger partial charge in [0, 0.05) is 12.2 Å². The van der Waals surface area contributed by atoms with Crippen LogP contribution in [0.15, 0.2) is 42.5 Å². The summed E-state index contributed by atoms with van der Waals surface area (Å²) in [6.07, 6.45) is 0. The lowest BCUT2D eigenvalue weighted by Gasteiger charge is -2.11. The first-order chi connectivity index (χ1) is 9.69. The van der Waals surface area contributed by atoms with E-state index >= 15 is 0 Å². The molecule has 2 aromatic rings. The van der Waals surface area contributed by atoms with Crippen molar-refractivity contribution in [1.82, 2.24) is 0 Å². The van der Waals surface area contributed by atoms with Crippen LogP contribution in [0.3, 0.4) is 0 Å². The smallest absolute Gasteiger partial charge is 0.123 e. The summed E-state index contributed by atoms with van der Waals surface area (Å²) in [4.78, 5) is 0. The second-order valence-electron chi connectivity index (χ2n) is 4.41. The minimum atomic E-state index is -0.220. The van der Waals surface area contributed by atoms with E-state index in [1.165, 1.54) is 12.1 Å². The highest BCUT2D eigenvalue weighted by molar-refractivity contribution is 5.50. The van der Waals surface area contributed by atoms with Gasteiger partial charge in [-0.05, 0) is 55.0 Å². The van der Waals surface area contributed by atoms with E-state index < -0.39 is 0 Å². The van der Waals surface area contributed by atoms with Crippen LogP contribution in [0.25, 0.3) is 0 Å². The van der Waals surface area contributed by atoms with Gasteiger partial charge in [-0.25, -0.2) is 4.39 Å². The first kappa shape index (κ1) is 14.2. The average Bonchev–Trinajstić information content (AvgIpc) is 2.46. The van der Waals surface area contributed by atoms with Crippen molar-refractivity contribution >= 4 is 5.69 Å². The van der Waals surface area contributed by atoms with Crippen molar-refractivity contribution in [3.8, 4) is 11.5 Å². The number of hydrogen-bond donors (Lipinski definition) is 1. The predicted molar refractivity (Wildman–Crippen MR) is 78.1 cm³/mol. The Balaban J connectivity index is 1.78. The maximum Gasteiger partial charge on any atom is 0.123 e. The molecule has 2 rings (SSSR count). The molecule has 20 heavy (non-hydrogen) atoms. The highest BCUT2D eigenvalue weighted by Gasteiger charge is 1.99. The van der Waals surface area contributed by atoms with Gasteiger partial charge in [-0.1, -0.05) is 0 Å². The molecule has 0 heterocycles. The molecule has 0 atom stereocenters. The number of ether oxygens (including phenoxy) is 2. The van der Waals surface area contributed by atoms with E-state index in [1.807, 2.05) is 31.2 Å². The Morgan fingerprint density at radius 2 is 1.75 bits per heavy atom. The fourth-order valence-electron chi connectivity index (χ4n) is 1.85. The van der Waals surface area contributed by atoms with Gasteiger partial charge in [0.05, 0.1) is 7.11 Å². The predicted octanol–water partition coefficient (Wildman–Crippen LogP) is 3.63. The van der Waals surface area contributed by atoms with Crippen LogP contribution in [-0.4, -0.2) is 20.3 Å². The fourth-order valence-corrected chi connectivity index (χ4v) is 1.85. The average molecular weight is 275 g/mol. The maximum absolute atomic E-state index is 13.0. The SMILES string of the molecule is COc1ccc(OCCNc2ccc(F)cc2C)cc1. The van der Waals surface area contributed by atoms with E-state index in [2.05, 4.69) is 5.32 Å². The van der Waals surface area contributed by atoms with Crippen LogP contribution in [-0.2, 0) is 0 Å². The summed E-state index contributed by atoms with van der Waals surface area (Å²) in [5.74, 6) is 1.38. The Bertz CT molecular complexity index is 555. The number of halogens is 1. The molecule has 0 aliphatic rings. The number of methoxy groups -OCH3 is 1. The number of anilines is 1. The van der Waals surface area contributed by atoms with Crippen LogP contribution >= 0.6 is 0 Å². The second-order valence-corrected chi connectivity index (χ2v) is 4.41. The van der Waals surface area contributed by atoms with Gasteiger partial charge in [-0.15, -0.1) is 0 Å². The number of aryl methyl sites for hydroxylation is 1. The zero-order chi connectivity index (χ0) is 14.4. The molecular weight excluding hydrogens is 257 g/mol. The normalized spacial score (nSPS) is 10.2. The number of benzene rings is 2. The minimum absolute atomic E-state index is 0.220. The monoisotopic (exact) mass is 275 g/mol. The fraction of sp³-hybridized carbons (Fsp3) is 0.250. The lowest BCUT2D eigenvalue weighted by atomic mass is 10.2. The number of hydrogen-bond acceptors (Lipinski definition) is 3. The van der Waals surface area contributed by atoms with Crippen molar-refractivity contribution in [2.75, 3.05) is 25.6 Å². The highest BCUT2D eigenvalue weighted by atomic mass is 19.1. The Morgan fingerprint density at radius 3 is 2.40 bits per heavy atom. The van der Waals surface area contributed by atoms with Gasteiger partial charge in [0.15, 0.2) is 0 Å². The van der Waals surface area contributed by atoms with Gasteiger partial charge in [0.2, 0.25) is 0 Å². The van der Waals surface area contributed by atoms with Gasteiger partial charge in [-0.2, -0.15) is 0 Å². The first-order valence-electron chi connectivity index (χ1n) is 6.46. The van der Waals surface area contributed by atoms with Crippen molar-refractivity contribution in [3.05, 3.63) is 53.8 Å². The van der Waals surface area contributed by atoms with Crippen molar-refractivity contribution in [2.24, 2.45) is 0 Å². The summed E-state index contributed by atoms with van der Waals surface area (Å²) in [6.45, 7) is 3.05. The Kier molecular flexibility index (Phi) is 4.82. The Labute approximate surface area is 118 Å². The van der Waals surface area contributed by atoms with E-state index in [9.17, 15) is 4.39 Å². The zero-order valence-electron chi connectivity index (χ0n) is 11.7. The second kappa shape index (κ2) is 6.80. The first-order valence-corrected chi connectivity index (χ1v) is 6.46. The summed E-state index contributed by atoms with van der Waals surface area (Å²) in [7, 11) is 1.63. The molecule has 106 valence electrons. The lowest BCUT2D eigenvalue weighted by molar-refractivity contribution is 0.331. The van der Waals surface area contributed by atoms with Crippen molar-refractivity contribution in [3.63, 3.8) is 0 Å². The molecule has 2 aromatic carbocycles. The summed E-state index contributed by atoms with van der Waals surface area (Å²) >= 11 is 0. The molecule has 0 spiro atoms. The van der Waals surface area contributed by atoms with Crippen LogP contribution in [0.5, 0.6) is 11.5 Å². The zero-order valence-corrected chi connectivity index (χ0v) is 11.7. The van der Waals surface area contributed by atoms with E-state index in [-0.39, 0.29) is 5.82 Å². The minimum Gasteiger partial charge on any atom is -0.497 e. The van der Waals surface area contributed by atoms with Crippen LogP contribution < -0.4 is 14.8 Å². The van der Waals surface area contributed by atoms with Gasteiger partial charge in [0.25, 0.3) is 0 Å². The van der Waals surface area contributed by atoms with Crippen LogP contribution in [0.2, 0.25) is 0 Å². The molecule has 0 aliphatic carbocycles. The summed E-state index contributed by atoms with van der Waals surface area (Å²) in [5.41, 5.74) is 1.80. The molecule has 0 fully saturated rings. The molecule has 0 aromatic heterocycles. The number of nitrogens with one attached hydrogen (secondary N) is 1. The largest absolute Gasteiger partial charge is 0.497 e. The van der Waals surface area contributed by atoms with Crippen LogP contribution in [0, 0.1) is 12.7 Å². The van der Waals surface area contributed by atoms with E-state index in [0.29, 0.717) is 13.2 Å². The molecule has 3 nitrogen and oxygen atoms in total. The standard InChI is InChI=1S/C16H18FNO2/c1-12-11-13(17)3-8-16(12)18-9-10-20-15-6-4-14(19-2)5-7-15/h3-8,11,18H,9-10H2,1-2H3. The number of rotatable bonds is 6. The van der Waals surface area contributed by atoms with Crippen LogP contribution in [0.4, 0.5) is 10.1 Å². The topological polar surface area (TPSA) is 30.5 Å². The molecule has 0 saturated carbocycles. The molecule has 0 bridgehead atoms. The van der Waals surface area contributed by atoms with Crippen molar-refractivity contribution in [2.45, 2.75) is 6.92 Å². The third-order valence-corrected chi connectivity index (χ3v) is 2.93. The molecular formula is C16H18FNO2.